The van der Waals surface area contributed by atoms with Gasteiger partial charge in [-0.1, -0.05) is 56.7 Å². The van der Waals surface area contributed by atoms with Gasteiger partial charge in [0, 0.05) is 37.1 Å². The van der Waals surface area contributed by atoms with Crippen molar-refractivity contribution in [2.24, 2.45) is 11.8 Å². The molecule has 2 aliphatic heterocycles. The van der Waals surface area contributed by atoms with Gasteiger partial charge in [0.25, 0.3) is 0 Å². The third kappa shape index (κ3) is 6.93. The number of carbonyl (C=O) groups excluding carboxylic acids is 1. The van der Waals surface area contributed by atoms with Crippen LogP contribution < -0.4 is 9.64 Å². The fourth-order valence-electron chi connectivity index (χ4n) is 7.97. The van der Waals surface area contributed by atoms with Gasteiger partial charge < -0.3 is 29.2 Å². The minimum atomic E-state index is -2.39. The number of aryl methyl sites for hydroxylation is 1. The van der Waals surface area contributed by atoms with Crippen molar-refractivity contribution in [3.63, 3.8) is 0 Å². The molecule has 6 rings (SSSR count). The number of aliphatic carboxylic acids is 1. The molecule has 5 atom stereocenters. The van der Waals surface area contributed by atoms with E-state index in [0.29, 0.717) is 43.7 Å². The number of fused-ring (bicyclic) bond motifs is 4. The van der Waals surface area contributed by atoms with Crippen molar-refractivity contribution in [1.29, 1.82) is 0 Å². The molecule has 0 radical (unpaired) electrons. The van der Waals surface area contributed by atoms with Crippen molar-refractivity contribution >= 4 is 37.5 Å². The molecular weight excluding hydrogens is 656 g/mol. The maximum atomic E-state index is 13.4. The van der Waals surface area contributed by atoms with Crippen molar-refractivity contribution in [2.75, 3.05) is 38.2 Å². The van der Waals surface area contributed by atoms with Crippen molar-refractivity contribution in [3.05, 3.63) is 70.3 Å². The number of carbonyl (C=O) groups is 2. The molecule has 1 saturated carbocycles. The number of nitrogens with zero attached hydrogens (tertiary/aromatic N) is 2. The van der Waals surface area contributed by atoms with Gasteiger partial charge in [-0.2, -0.15) is 0 Å². The topological polar surface area (TPSA) is 99.5 Å². The molecule has 2 bridgehead atoms. The lowest BCUT2D eigenvalue weighted by Gasteiger charge is -2.48. The Bertz CT molecular complexity index is 1620. The minimum absolute atomic E-state index is 0.0359. The number of carboxylic acids is 1. The van der Waals surface area contributed by atoms with E-state index in [1.54, 1.807) is 25.2 Å². The number of amides is 1. The molecule has 2 aromatic rings. The van der Waals surface area contributed by atoms with Gasteiger partial charge in [0.1, 0.15) is 5.75 Å². The second-order valence-electron chi connectivity index (χ2n) is 16.5. The molecule has 49 heavy (non-hydrogen) atoms. The smallest absolute Gasteiger partial charge is 0.340 e. The van der Waals surface area contributed by atoms with Crippen molar-refractivity contribution in [3.8, 4) is 5.75 Å². The fourth-order valence-corrected chi connectivity index (χ4v) is 9.46. The van der Waals surface area contributed by atoms with Crippen molar-refractivity contribution in [2.45, 2.75) is 101 Å². The average Bonchev–Trinajstić information content (AvgIpc) is 3.16. The number of anilines is 1. The monoisotopic (exact) mass is 708 g/mol. The molecule has 2 aliphatic carbocycles. The number of benzene rings is 2. The first-order valence-corrected chi connectivity index (χ1v) is 21.2. The molecule has 2 aromatic carbocycles. The Morgan fingerprint density at radius 1 is 1.14 bits per heavy atom. The lowest BCUT2D eigenvalue weighted by Crippen LogP contribution is -2.52. The number of ether oxygens (including phenoxy) is 1. The number of aliphatic hydroxyl groups is 1. The van der Waals surface area contributed by atoms with Crippen molar-refractivity contribution < 1.29 is 29.0 Å². The molecule has 10 heteroatoms. The van der Waals surface area contributed by atoms with Crippen LogP contribution in [-0.4, -0.2) is 74.7 Å². The van der Waals surface area contributed by atoms with Gasteiger partial charge in [-0.3, -0.25) is 4.79 Å². The van der Waals surface area contributed by atoms with Gasteiger partial charge in [-0.25, -0.2) is 4.79 Å². The molecule has 1 fully saturated rings. The summed E-state index contributed by atoms with van der Waals surface area (Å²) >= 11 is 6.47. The summed E-state index contributed by atoms with van der Waals surface area (Å²) in [6.45, 7) is 13.7. The molecule has 8 nitrogen and oxygen atoms in total. The summed E-state index contributed by atoms with van der Waals surface area (Å²) in [6.07, 6.45) is 9.40. The van der Waals surface area contributed by atoms with Crippen LogP contribution in [0.15, 0.2) is 48.6 Å². The van der Waals surface area contributed by atoms with Crippen LogP contribution in [0.2, 0.25) is 23.2 Å². The SMILES string of the molecule is CN1CC/C=C/[C@H](O[Si](C)(C)C(C)(C)C)[C@@H]2CC[C@H]2CN2C[C@@]3(CCCc4cc(Cl)ccc43)COc3ccc(cc32)[C@@](O)(C(=O)O)CC1=O. The number of halogens is 1. The molecular formula is C39H53ClN2O6Si. The second-order valence-corrected chi connectivity index (χ2v) is 21.7. The molecule has 0 saturated heterocycles. The largest absolute Gasteiger partial charge is 0.490 e. The highest BCUT2D eigenvalue weighted by molar-refractivity contribution is 6.74. The normalized spacial score (nSPS) is 30.0. The van der Waals surface area contributed by atoms with Gasteiger partial charge in [-0.05, 0) is 109 Å². The average molecular weight is 709 g/mol. The molecule has 0 aromatic heterocycles. The summed E-state index contributed by atoms with van der Waals surface area (Å²) < 4.78 is 13.8. The highest BCUT2D eigenvalue weighted by Crippen LogP contribution is 2.49. The van der Waals surface area contributed by atoms with Crippen molar-refractivity contribution in [1.82, 2.24) is 4.90 Å². The Balaban J connectivity index is 1.45. The molecule has 2 N–H and O–H groups in total. The molecule has 266 valence electrons. The van der Waals surface area contributed by atoms with E-state index in [1.807, 2.05) is 6.07 Å². The van der Waals surface area contributed by atoms with E-state index < -0.39 is 32.2 Å². The summed E-state index contributed by atoms with van der Waals surface area (Å²) in [7, 11) is -0.445. The second kappa shape index (κ2) is 13.4. The van der Waals surface area contributed by atoms with Crippen LogP contribution in [0.25, 0.3) is 0 Å². The zero-order valence-electron chi connectivity index (χ0n) is 29.9. The van der Waals surface area contributed by atoms with Crippen LogP contribution in [0.3, 0.4) is 0 Å². The first-order valence-electron chi connectivity index (χ1n) is 17.9. The quantitative estimate of drug-likeness (QED) is 0.255. The third-order valence-corrected chi connectivity index (χ3v) is 17.0. The predicted molar refractivity (Wildman–Crippen MR) is 196 cm³/mol. The number of hydrogen-bond acceptors (Lipinski definition) is 6. The van der Waals surface area contributed by atoms with Gasteiger partial charge in [-0.15, -0.1) is 0 Å². The van der Waals surface area contributed by atoms with E-state index in [9.17, 15) is 19.8 Å². The van der Waals surface area contributed by atoms with Gasteiger partial charge in [0.2, 0.25) is 5.91 Å². The van der Waals surface area contributed by atoms with Gasteiger partial charge in [0.05, 0.1) is 24.8 Å². The first-order chi connectivity index (χ1) is 23.0. The van der Waals surface area contributed by atoms with Crippen LogP contribution in [0.1, 0.15) is 76.0 Å². The number of rotatable bonds is 3. The minimum Gasteiger partial charge on any atom is -0.490 e. The standard InChI is InChI=1S/C39H53ClN2O6Si/c1-37(2,3)49(5,6)48-33-11-7-8-19-41(4)35(43)22-39(46,36(44)45)28-13-17-34-32(21-28)42(23-27-12-15-30(27)33)24-38(25-47-34)18-9-10-26-20-29(40)14-16-31(26)38/h7,11,13-14,16-17,20-21,27,30,33,46H,8-10,12,15,18-19,22-25H2,1-6H3,(H,44,45)/b11-7+/t27-,30+,33-,38-,39+/m0/s1. The molecule has 0 unspecified atom stereocenters. The van der Waals surface area contributed by atoms with Crippen LogP contribution >= 0.6 is 11.6 Å². The van der Waals surface area contributed by atoms with Crippen LogP contribution in [0, 0.1) is 11.8 Å². The predicted octanol–water partition coefficient (Wildman–Crippen LogP) is 7.31. The number of hydrogen-bond donors (Lipinski definition) is 2. The molecule has 1 amide bonds. The van der Waals surface area contributed by atoms with E-state index in [1.165, 1.54) is 16.0 Å². The fraction of sp³-hybridized carbons (Fsp3) is 0.590. The Morgan fingerprint density at radius 3 is 2.61 bits per heavy atom. The van der Waals surface area contributed by atoms with Crippen LogP contribution in [0.4, 0.5) is 5.69 Å². The van der Waals surface area contributed by atoms with Crippen LogP contribution in [-0.2, 0) is 31.5 Å². The summed E-state index contributed by atoms with van der Waals surface area (Å²) in [6, 6.07) is 11.3. The number of carboxylic acid groups (broad SMARTS) is 1. The van der Waals surface area contributed by atoms with Crippen LogP contribution in [0.5, 0.6) is 5.75 Å². The molecule has 2 heterocycles. The van der Waals surface area contributed by atoms with E-state index in [0.717, 1.165) is 49.4 Å². The van der Waals surface area contributed by atoms with E-state index in [-0.39, 0.29) is 22.1 Å². The lowest BCUT2D eigenvalue weighted by atomic mass is 9.68. The van der Waals surface area contributed by atoms with Gasteiger partial charge in [0.15, 0.2) is 13.9 Å². The summed E-state index contributed by atoms with van der Waals surface area (Å²) in [5.74, 6) is -0.565. The third-order valence-electron chi connectivity index (χ3n) is 12.2. The highest BCUT2D eigenvalue weighted by Gasteiger charge is 2.48. The zero-order chi connectivity index (χ0) is 35.4. The van der Waals surface area contributed by atoms with E-state index in [4.69, 9.17) is 20.8 Å². The van der Waals surface area contributed by atoms with Gasteiger partial charge >= 0.3 is 5.97 Å². The maximum absolute atomic E-state index is 13.4. The summed E-state index contributed by atoms with van der Waals surface area (Å²) in [5.41, 5.74) is 0.754. The Labute approximate surface area is 297 Å². The molecule has 1 spiro atoms. The highest BCUT2D eigenvalue weighted by atomic mass is 35.5. The molecule has 4 aliphatic rings. The maximum Gasteiger partial charge on any atom is 0.340 e. The van der Waals surface area contributed by atoms with E-state index >= 15 is 0 Å². The lowest BCUT2D eigenvalue weighted by molar-refractivity contribution is -0.164. The van der Waals surface area contributed by atoms with E-state index in [2.05, 4.69) is 63.0 Å². The Morgan fingerprint density at radius 2 is 1.92 bits per heavy atom. The Kier molecular flexibility index (Phi) is 9.81. The summed E-state index contributed by atoms with van der Waals surface area (Å²) in [5, 5.41) is 22.9. The first kappa shape index (κ1) is 36.0. The zero-order valence-corrected chi connectivity index (χ0v) is 31.7. The summed E-state index contributed by atoms with van der Waals surface area (Å²) in [4.78, 5) is 30.0. The Hall–Kier alpha value is -2.85.